The van der Waals surface area contributed by atoms with Gasteiger partial charge in [-0.15, -0.1) is 12.4 Å². The summed E-state index contributed by atoms with van der Waals surface area (Å²) in [6.07, 6.45) is 2.71. The van der Waals surface area contributed by atoms with E-state index in [1.54, 1.807) is 0 Å². The lowest BCUT2D eigenvalue weighted by Crippen LogP contribution is -2.50. The smallest absolute Gasteiger partial charge is 0.237 e. The fourth-order valence-electron chi connectivity index (χ4n) is 1.76. The quantitative estimate of drug-likeness (QED) is 0.664. The van der Waals surface area contributed by atoms with E-state index in [0.717, 1.165) is 19.4 Å². The largest absolute Gasteiger partial charge is 0.352 e. The van der Waals surface area contributed by atoms with Gasteiger partial charge in [-0.05, 0) is 32.7 Å². The number of hydrogen-bond donors (Lipinski definition) is 3. The normalized spacial score (nSPS) is 27.7. The Morgan fingerprint density at radius 2 is 2.33 bits per heavy atom. The van der Waals surface area contributed by atoms with Crippen LogP contribution in [0.3, 0.4) is 0 Å². The molecule has 0 aliphatic carbocycles. The van der Waals surface area contributed by atoms with Gasteiger partial charge >= 0.3 is 0 Å². The van der Waals surface area contributed by atoms with Gasteiger partial charge in [0, 0.05) is 12.1 Å². The van der Waals surface area contributed by atoms with Gasteiger partial charge in [-0.2, -0.15) is 0 Å². The van der Waals surface area contributed by atoms with E-state index in [9.17, 15) is 4.79 Å². The van der Waals surface area contributed by atoms with Gasteiger partial charge in [0.15, 0.2) is 0 Å². The summed E-state index contributed by atoms with van der Waals surface area (Å²) in [7, 11) is 0. The predicted molar refractivity (Wildman–Crippen MR) is 64.1 cm³/mol. The SMILES string of the molecule is CC[C@@H](N)C(=O)NC1CCNC(C)C1.Cl. The fourth-order valence-corrected chi connectivity index (χ4v) is 1.76. The van der Waals surface area contributed by atoms with Crippen molar-refractivity contribution in [3.63, 3.8) is 0 Å². The Balaban J connectivity index is 0.00000196. The molecule has 2 unspecified atom stereocenters. The van der Waals surface area contributed by atoms with Crippen molar-refractivity contribution in [3.8, 4) is 0 Å². The molecule has 1 aliphatic heterocycles. The number of amides is 1. The zero-order chi connectivity index (χ0) is 10.6. The maximum absolute atomic E-state index is 11.5. The van der Waals surface area contributed by atoms with E-state index < -0.39 is 0 Å². The molecule has 5 heteroatoms. The molecule has 15 heavy (non-hydrogen) atoms. The third kappa shape index (κ3) is 4.82. The Bertz CT molecular complexity index is 201. The van der Waals surface area contributed by atoms with Crippen molar-refractivity contribution >= 4 is 18.3 Å². The van der Waals surface area contributed by atoms with Crippen LogP contribution in [0.5, 0.6) is 0 Å². The highest BCUT2D eigenvalue weighted by Crippen LogP contribution is 2.08. The molecule has 0 aromatic rings. The molecule has 3 atom stereocenters. The predicted octanol–water partition coefficient (Wildman–Crippen LogP) is 0.402. The molecular formula is C10H22ClN3O. The first kappa shape index (κ1) is 14.7. The van der Waals surface area contributed by atoms with Gasteiger partial charge in [0.2, 0.25) is 5.91 Å². The molecule has 0 radical (unpaired) electrons. The summed E-state index contributed by atoms with van der Waals surface area (Å²) < 4.78 is 0. The van der Waals surface area contributed by atoms with Crippen LogP contribution in [0.15, 0.2) is 0 Å². The number of rotatable bonds is 3. The highest BCUT2D eigenvalue weighted by Gasteiger charge is 2.21. The number of nitrogens with one attached hydrogen (secondary N) is 2. The molecule has 1 saturated heterocycles. The van der Waals surface area contributed by atoms with Crippen molar-refractivity contribution in [1.29, 1.82) is 0 Å². The second-order valence-electron chi connectivity index (χ2n) is 4.10. The van der Waals surface area contributed by atoms with E-state index >= 15 is 0 Å². The monoisotopic (exact) mass is 235 g/mol. The summed E-state index contributed by atoms with van der Waals surface area (Å²) in [5, 5.41) is 6.34. The molecule has 0 aromatic heterocycles. The van der Waals surface area contributed by atoms with Crippen LogP contribution in [-0.4, -0.2) is 30.6 Å². The van der Waals surface area contributed by atoms with Gasteiger partial charge in [0.25, 0.3) is 0 Å². The van der Waals surface area contributed by atoms with Crippen LogP contribution in [0.4, 0.5) is 0 Å². The van der Waals surface area contributed by atoms with E-state index in [0.29, 0.717) is 18.5 Å². The third-order valence-corrected chi connectivity index (χ3v) is 2.75. The average molecular weight is 236 g/mol. The van der Waals surface area contributed by atoms with Gasteiger partial charge in [-0.25, -0.2) is 0 Å². The van der Waals surface area contributed by atoms with Gasteiger partial charge in [0.05, 0.1) is 6.04 Å². The summed E-state index contributed by atoms with van der Waals surface area (Å²) in [6.45, 7) is 5.04. The zero-order valence-electron chi connectivity index (χ0n) is 9.45. The van der Waals surface area contributed by atoms with E-state index in [-0.39, 0.29) is 24.4 Å². The van der Waals surface area contributed by atoms with Crippen molar-refractivity contribution in [1.82, 2.24) is 10.6 Å². The molecule has 90 valence electrons. The zero-order valence-corrected chi connectivity index (χ0v) is 10.3. The van der Waals surface area contributed by atoms with Crippen LogP contribution in [0.1, 0.15) is 33.1 Å². The van der Waals surface area contributed by atoms with Crippen molar-refractivity contribution in [3.05, 3.63) is 0 Å². The minimum absolute atomic E-state index is 0. The highest BCUT2D eigenvalue weighted by molar-refractivity contribution is 5.85. The minimum atomic E-state index is -0.347. The molecule has 0 spiro atoms. The summed E-state index contributed by atoms with van der Waals surface area (Å²) in [4.78, 5) is 11.5. The Kier molecular flexibility index (Phi) is 6.89. The van der Waals surface area contributed by atoms with Crippen molar-refractivity contribution < 1.29 is 4.79 Å². The Morgan fingerprint density at radius 3 is 2.87 bits per heavy atom. The first-order valence-corrected chi connectivity index (χ1v) is 5.42. The van der Waals surface area contributed by atoms with Gasteiger partial charge in [-0.3, -0.25) is 4.79 Å². The van der Waals surface area contributed by atoms with Crippen LogP contribution in [0.25, 0.3) is 0 Å². The molecule has 1 fully saturated rings. The van der Waals surface area contributed by atoms with Crippen LogP contribution >= 0.6 is 12.4 Å². The van der Waals surface area contributed by atoms with Crippen LogP contribution in [0, 0.1) is 0 Å². The number of carbonyl (C=O) groups is 1. The Hall–Kier alpha value is -0.320. The molecule has 0 bridgehead atoms. The second-order valence-corrected chi connectivity index (χ2v) is 4.10. The summed E-state index contributed by atoms with van der Waals surface area (Å²) in [5.41, 5.74) is 5.64. The number of nitrogens with two attached hydrogens (primary N) is 1. The lowest BCUT2D eigenvalue weighted by molar-refractivity contribution is -0.123. The number of piperidine rings is 1. The molecule has 1 heterocycles. The summed E-state index contributed by atoms with van der Waals surface area (Å²) in [6, 6.07) is 0.448. The van der Waals surface area contributed by atoms with Crippen LogP contribution in [-0.2, 0) is 4.79 Å². The van der Waals surface area contributed by atoms with Gasteiger partial charge < -0.3 is 16.4 Å². The lowest BCUT2D eigenvalue weighted by Gasteiger charge is -2.29. The van der Waals surface area contributed by atoms with Crippen molar-refractivity contribution in [2.75, 3.05) is 6.54 Å². The molecule has 1 rings (SSSR count). The Labute approximate surface area is 97.8 Å². The van der Waals surface area contributed by atoms with Crippen LogP contribution < -0.4 is 16.4 Å². The van der Waals surface area contributed by atoms with Gasteiger partial charge in [-0.1, -0.05) is 6.92 Å². The van der Waals surface area contributed by atoms with E-state index in [2.05, 4.69) is 17.6 Å². The first-order valence-electron chi connectivity index (χ1n) is 5.42. The maximum atomic E-state index is 11.5. The molecule has 0 saturated carbocycles. The summed E-state index contributed by atoms with van der Waals surface area (Å²) in [5.74, 6) is -0.00778. The maximum Gasteiger partial charge on any atom is 0.237 e. The molecule has 4 N–H and O–H groups in total. The van der Waals surface area contributed by atoms with E-state index in [1.807, 2.05) is 6.92 Å². The summed E-state index contributed by atoms with van der Waals surface area (Å²) >= 11 is 0. The highest BCUT2D eigenvalue weighted by atomic mass is 35.5. The second kappa shape index (κ2) is 7.04. The lowest BCUT2D eigenvalue weighted by atomic mass is 10.0. The van der Waals surface area contributed by atoms with Crippen molar-refractivity contribution in [2.45, 2.75) is 51.2 Å². The minimum Gasteiger partial charge on any atom is -0.352 e. The first-order chi connectivity index (χ1) is 6.63. The van der Waals surface area contributed by atoms with Gasteiger partial charge in [0.1, 0.15) is 0 Å². The standard InChI is InChI=1S/C10H21N3O.ClH/c1-3-9(11)10(14)13-8-4-5-12-7(2)6-8;/h7-9,12H,3-6,11H2,1-2H3,(H,13,14);1H/t7?,8?,9-;/m1./s1. The van der Waals surface area contributed by atoms with Crippen molar-refractivity contribution in [2.24, 2.45) is 5.73 Å². The van der Waals surface area contributed by atoms with E-state index in [4.69, 9.17) is 5.73 Å². The van der Waals surface area contributed by atoms with Crippen LogP contribution in [0.2, 0.25) is 0 Å². The van der Waals surface area contributed by atoms with E-state index in [1.165, 1.54) is 0 Å². The number of carbonyl (C=O) groups excluding carboxylic acids is 1. The molecule has 0 aromatic carbocycles. The molecular weight excluding hydrogens is 214 g/mol. The number of hydrogen-bond acceptors (Lipinski definition) is 3. The topological polar surface area (TPSA) is 67.2 Å². The third-order valence-electron chi connectivity index (χ3n) is 2.75. The number of halogens is 1. The molecule has 1 aliphatic rings. The molecule has 1 amide bonds. The Morgan fingerprint density at radius 1 is 1.67 bits per heavy atom. The fraction of sp³-hybridized carbons (Fsp3) is 0.900. The molecule has 4 nitrogen and oxygen atoms in total. The average Bonchev–Trinajstić information content (AvgIpc) is 2.16.